The Hall–Kier alpha value is -3.15. The number of allylic oxidation sites excluding steroid dienone is 2. The highest BCUT2D eigenvalue weighted by Crippen LogP contribution is 2.50. The molecule has 3 atom stereocenters. The molecule has 1 aliphatic carbocycles. The van der Waals surface area contributed by atoms with Crippen molar-refractivity contribution < 1.29 is 14.8 Å². The van der Waals surface area contributed by atoms with Gasteiger partial charge in [0.25, 0.3) is 5.69 Å². The zero-order valence-corrected chi connectivity index (χ0v) is 13.3. The molecule has 0 saturated heterocycles. The van der Waals surface area contributed by atoms with Gasteiger partial charge in [0.2, 0.25) is 0 Å². The van der Waals surface area contributed by atoms with Crippen LogP contribution in [0.4, 0.5) is 11.4 Å². The summed E-state index contributed by atoms with van der Waals surface area (Å²) < 4.78 is 0. The van der Waals surface area contributed by atoms with Crippen molar-refractivity contribution in [2.75, 3.05) is 5.32 Å². The topological polar surface area (TPSA) is 92.5 Å². The second kappa shape index (κ2) is 5.73. The van der Waals surface area contributed by atoms with Gasteiger partial charge in [0.15, 0.2) is 0 Å². The zero-order valence-electron chi connectivity index (χ0n) is 13.3. The largest absolute Gasteiger partial charge is 0.478 e. The molecule has 1 aliphatic heterocycles. The Labute approximate surface area is 144 Å². The monoisotopic (exact) mass is 336 g/mol. The molecule has 25 heavy (non-hydrogen) atoms. The molecule has 0 saturated carbocycles. The lowest BCUT2D eigenvalue weighted by Gasteiger charge is -2.37. The first-order valence-corrected chi connectivity index (χ1v) is 8.09. The van der Waals surface area contributed by atoms with Gasteiger partial charge < -0.3 is 10.4 Å². The van der Waals surface area contributed by atoms with Crippen LogP contribution in [-0.2, 0) is 0 Å². The number of non-ortho nitro benzene ring substituents is 1. The highest BCUT2D eigenvalue weighted by atomic mass is 16.6. The maximum absolute atomic E-state index is 11.1. The highest BCUT2D eigenvalue weighted by molar-refractivity contribution is 5.87. The molecule has 2 aromatic rings. The van der Waals surface area contributed by atoms with Crippen LogP contribution in [0.15, 0.2) is 54.6 Å². The number of nitrogens with one attached hydrogen (secondary N) is 1. The van der Waals surface area contributed by atoms with E-state index in [1.54, 1.807) is 24.3 Å². The van der Waals surface area contributed by atoms with E-state index in [0.29, 0.717) is 0 Å². The predicted octanol–water partition coefficient (Wildman–Crippen LogP) is 4.12. The third kappa shape index (κ3) is 2.55. The van der Waals surface area contributed by atoms with Crippen molar-refractivity contribution in [2.24, 2.45) is 5.92 Å². The summed E-state index contributed by atoms with van der Waals surface area (Å²) in [7, 11) is 0. The summed E-state index contributed by atoms with van der Waals surface area (Å²) in [5, 5.41) is 23.6. The minimum absolute atomic E-state index is 0.0387. The Morgan fingerprint density at radius 2 is 1.96 bits per heavy atom. The molecule has 0 unspecified atom stereocenters. The Morgan fingerprint density at radius 1 is 1.20 bits per heavy atom. The van der Waals surface area contributed by atoms with Gasteiger partial charge in [-0.3, -0.25) is 10.1 Å². The summed E-state index contributed by atoms with van der Waals surface area (Å²) in [5.41, 5.74) is 3.23. The van der Waals surface area contributed by atoms with E-state index >= 15 is 0 Å². The molecule has 2 aliphatic rings. The van der Waals surface area contributed by atoms with Crippen LogP contribution < -0.4 is 5.32 Å². The maximum atomic E-state index is 11.1. The lowest BCUT2D eigenvalue weighted by Crippen LogP contribution is -2.29. The minimum Gasteiger partial charge on any atom is -0.478 e. The van der Waals surface area contributed by atoms with E-state index in [2.05, 4.69) is 17.5 Å². The minimum atomic E-state index is -0.943. The lowest BCUT2D eigenvalue weighted by atomic mass is 9.77. The Bertz CT molecular complexity index is 889. The second-order valence-electron chi connectivity index (χ2n) is 6.43. The van der Waals surface area contributed by atoms with Gasteiger partial charge in [-0.1, -0.05) is 24.3 Å². The van der Waals surface area contributed by atoms with E-state index in [9.17, 15) is 14.9 Å². The molecule has 0 spiro atoms. The summed E-state index contributed by atoms with van der Waals surface area (Å²) in [5.74, 6) is -0.563. The molecule has 1 heterocycles. The number of rotatable bonds is 3. The Kier molecular flexibility index (Phi) is 3.53. The first-order chi connectivity index (χ1) is 12.0. The van der Waals surface area contributed by atoms with Gasteiger partial charge in [-0.25, -0.2) is 4.79 Å². The Balaban J connectivity index is 1.72. The number of nitro groups is 1. The number of benzene rings is 2. The number of nitrogens with zero attached hydrogens (tertiary/aromatic N) is 1. The lowest BCUT2D eigenvalue weighted by molar-refractivity contribution is -0.384. The van der Waals surface area contributed by atoms with Gasteiger partial charge in [-0.2, -0.15) is 0 Å². The fraction of sp³-hybridized carbons (Fsp3) is 0.211. The third-order valence-corrected chi connectivity index (χ3v) is 5.07. The van der Waals surface area contributed by atoms with Crippen molar-refractivity contribution in [2.45, 2.75) is 18.4 Å². The van der Waals surface area contributed by atoms with Crippen LogP contribution in [0, 0.1) is 16.0 Å². The van der Waals surface area contributed by atoms with Crippen molar-refractivity contribution in [3.05, 3.63) is 81.4 Å². The average Bonchev–Trinajstić information content (AvgIpc) is 3.10. The molecule has 0 aromatic heterocycles. The molecular formula is C19H16N2O4. The van der Waals surface area contributed by atoms with Crippen LogP contribution in [0.2, 0.25) is 0 Å². The summed E-state index contributed by atoms with van der Waals surface area (Å²) in [6, 6.07) is 11.9. The number of hydrogen-bond donors (Lipinski definition) is 2. The third-order valence-electron chi connectivity index (χ3n) is 5.07. The molecule has 0 radical (unpaired) electrons. The Morgan fingerprint density at radius 3 is 2.64 bits per heavy atom. The van der Waals surface area contributed by atoms with Crippen LogP contribution in [0.1, 0.15) is 39.9 Å². The van der Waals surface area contributed by atoms with Gasteiger partial charge in [0, 0.05) is 23.7 Å². The normalized spacial score (nSPS) is 23.4. The van der Waals surface area contributed by atoms with Gasteiger partial charge >= 0.3 is 5.97 Å². The van der Waals surface area contributed by atoms with Crippen molar-refractivity contribution in [1.29, 1.82) is 0 Å². The molecule has 4 rings (SSSR count). The standard InChI is InChI=1S/C19H16N2O4/c22-19(23)12-6-4-11(5-7-12)18-15-3-1-2-14(15)16-10-13(21(24)25)8-9-17(16)20-18/h1-2,4-10,14-15,18,20H,3H2,(H,22,23)/t14-,15+,18-/m0/s1. The molecule has 2 aromatic carbocycles. The zero-order chi connectivity index (χ0) is 17.6. The number of aromatic carboxylic acids is 1. The van der Waals surface area contributed by atoms with Crippen LogP contribution in [0.25, 0.3) is 0 Å². The van der Waals surface area contributed by atoms with E-state index in [4.69, 9.17) is 5.11 Å². The number of carbonyl (C=O) groups is 1. The predicted molar refractivity (Wildman–Crippen MR) is 92.8 cm³/mol. The van der Waals surface area contributed by atoms with Crippen LogP contribution in [0.3, 0.4) is 0 Å². The van der Waals surface area contributed by atoms with E-state index in [0.717, 1.165) is 23.2 Å². The molecule has 2 N–H and O–H groups in total. The first-order valence-electron chi connectivity index (χ1n) is 8.09. The van der Waals surface area contributed by atoms with Crippen LogP contribution >= 0.6 is 0 Å². The summed E-state index contributed by atoms with van der Waals surface area (Å²) in [6.07, 6.45) is 5.11. The fourth-order valence-corrected chi connectivity index (χ4v) is 3.86. The van der Waals surface area contributed by atoms with E-state index < -0.39 is 5.97 Å². The second-order valence-corrected chi connectivity index (χ2v) is 6.43. The van der Waals surface area contributed by atoms with E-state index in [-0.39, 0.29) is 34.1 Å². The summed E-state index contributed by atoms with van der Waals surface area (Å²) in [6.45, 7) is 0. The van der Waals surface area contributed by atoms with Crippen molar-refractivity contribution in [3.8, 4) is 0 Å². The van der Waals surface area contributed by atoms with Crippen LogP contribution in [0.5, 0.6) is 0 Å². The van der Waals surface area contributed by atoms with Crippen molar-refractivity contribution in [1.82, 2.24) is 0 Å². The number of anilines is 1. The van der Waals surface area contributed by atoms with Crippen LogP contribution in [-0.4, -0.2) is 16.0 Å². The molecule has 126 valence electrons. The van der Waals surface area contributed by atoms with E-state index in [1.165, 1.54) is 6.07 Å². The highest BCUT2D eigenvalue weighted by Gasteiger charge is 2.38. The number of nitro benzene ring substituents is 1. The van der Waals surface area contributed by atoms with Crippen molar-refractivity contribution >= 4 is 17.3 Å². The number of hydrogen-bond acceptors (Lipinski definition) is 4. The number of carboxylic acid groups (broad SMARTS) is 1. The molecule has 0 amide bonds. The molecular weight excluding hydrogens is 320 g/mol. The smallest absolute Gasteiger partial charge is 0.335 e. The van der Waals surface area contributed by atoms with Gasteiger partial charge in [-0.15, -0.1) is 0 Å². The average molecular weight is 336 g/mol. The quantitative estimate of drug-likeness (QED) is 0.500. The SMILES string of the molecule is O=C(O)c1ccc([C@@H]2Nc3ccc([N+](=O)[O-])cc3[C@H]3C=CC[C@H]32)cc1. The first kappa shape index (κ1) is 15.4. The fourth-order valence-electron chi connectivity index (χ4n) is 3.86. The molecule has 6 nitrogen and oxygen atoms in total. The van der Waals surface area contributed by atoms with E-state index in [1.807, 2.05) is 12.1 Å². The summed E-state index contributed by atoms with van der Waals surface area (Å²) in [4.78, 5) is 21.7. The molecule has 0 fully saturated rings. The maximum Gasteiger partial charge on any atom is 0.335 e. The number of fused-ring (bicyclic) bond motifs is 3. The van der Waals surface area contributed by atoms with Gasteiger partial charge in [0.05, 0.1) is 16.5 Å². The summed E-state index contributed by atoms with van der Waals surface area (Å²) >= 11 is 0. The van der Waals surface area contributed by atoms with Crippen molar-refractivity contribution in [3.63, 3.8) is 0 Å². The molecule has 0 bridgehead atoms. The van der Waals surface area contributed by atoms with Gasteiger partial charge in [0.1, 0.15) is 0 Å². The van der Waals surface area contributed by atoms with Gasteiger partial charge in [-0.05, 0) is 41.7 Å². The number of carboxylic acids is 1. The molecule has 6 heteroatoms.